The lowest BCUT2D eigenvalue weighted by Gasteiger charge is -2.32. The van der Waals surface area contributed by atoms with Crippen LogP contribution in [0.4, 0.5) is 0 Å². The van der Waals surface area contributed by atoms with Gasteiger partial charge in [0, 0.05) is 45.0 Å². The van der Waals surface area contributed by atoms with Gasteiger partial charge in [-0.05, 0) is 13.0 Å². The molecule has 5 heteroatoms. The van der Waals surface area contributed by atoms with Crippen LogP contribution in [0.15, 0.2) is 12.4 Å². The minimum atomic E-state index is 0.317. The number of hydrogen-bond donors (Lipinski definition) is 1. The van der Waals surface area contributed by atoms with Gasteiger partial charge in [-0.1, -0.05) is 6.92 Å². The van der Waals surface area contributed by atoms with Gasteiger partial charge in [0.25, 0.3) is 0 Å². The van der Waals surface area contributed by atoms with Crippen LogP contribution in [0.1, 0.15) is 19.2 Å². The maximum Gasteiger partial charge on any atom is 0.108 e. The Labute approximate surface area is 109 Å². The van der Waals surface area contributed by atoms with Gasteiger partial charge >= 0.3 is 0 Å². The molecule has 0 spiro atoms. The smallest absolute Gasteiger partial charge is 0.108 e. The quantitative estimate of drug-likeness (QED) is 0.801. The van der Waals surface area contributed by atoms with Gasteiger partial charge in [-0.3, -0.25) is 4.90 Å². The molecule has 1 saturated heterocycles. The second-order valence-electron chi connectivity index (χ2n) is 4.76. The third-order valence-electron chi connectivity index (χ3n) is 3.49. The van der Waals surface area contributed by atoms with Crippen molar-refractivity contribution in [2.45, 2.75) is 32.4 Å². The van der Waals surface area contributed by atoms with Crippen molar-refractivity contribution in [1.29, 1.82) is 0 Å². The Morgan fingerprint density at radius 3 is 3.17 bits per heavy atom. The number of morpholine rings is 1. The fourth-order valence-electron chi connectivity index (χ4n) is 2.45. The molecule has 1 aromatic rings. The minimum absolute atomic E-state index is 0.317. The molecule has 0 bridgehead atoms. The van der Waals surface area contributed by atoms with E-state index < -0.39 is 0 Å². The van der Waals surface area contributed by atoms with Gasteiger partial charge in [-0.25, -0.2) is 4.98 Å². The van der Waals surface area contributed by atoms with Crippen LogP contribution in [0.25, 0.3) is 0 Å². The van der Waals surface area contributed by atoms with Crippen LogP contribution >= 0.6 is 0 Å². The fourth-order valence-corrected chi connectivity index (χ4v) is 2.45. The second-order valence-corrected chi connectivity index (χ2v) is 4.76. The van der Waals surface area contributed by atoms with Crippen LogP contribution in [0, 0.1) is 0 Å². The van der Waals surface area contributed by atoms with Crippen molar-refractivity contribution in [1.82, 2.24) is 14.5 Å². The Kier molecular flexibility index (Phi) is 5.16. The molecular formula is C13H24N4O. The molecule has 1 atom stereocenters. The van der Waals surface area contributed by atoms with Crippen molar-refractivity contribution in [2.24, 2.45) is 5.73 Å². The summed E-state index contributed by atoms with van der Waals surface area (Å²) in [5.74, 6) is 1.17. The van der Waals surface area contributed by atoms with E-state index in [1.807, 2.05) is 6.20 Å². The molecule has 18 heavy (non-hydrogen) atoms. The van der Waals surface area contributed by atoms with Crippen molar-refractivity contribution in [3.8, 4) is 0 Å². The van der Waals surface area contributed by atoms with Gasteiger partial charge < -0.3 is 15.0 Å². The zero-order chi connectivity index (χ0) is 12.8. The summed E-state index contributed by atoms with van der Waals surface area (Å²) in [5, 5.41) is 0. The maximum atomic E-state index is 5.69. The van der Waals surface area contributed by atoms with Gasteiger partial charge in [0.1, 0.15) is 5.82 Å². The fraction of sp³-hybridized carbons (Fsp3) is 0.769. The Morgan fingerprint density at radius 1 is 1.50 bits per heavy atom. The first-order valence-corrected chi connectivity index (χ1v) is 6.87. The number of nitrogens with two attached hydrogens (primary N) is 1. The molecule has 1 aromatic heterocycles. The van der Waals surface area contributed by atoms with Gasteiger partial charge in [0.05, 0.1) is 12.7 Å². The van der Waals surface area contributed by atoms with E-state index in [4.69, 9.17) is 10.5 Å². The van der Waals surface area contributed by atoms with E-state index in [1.54, 1.807) is 0 Å². The van der Waals surface area contributed by atoms with E-state index in [0.717, 1.165) is 45.6 Å². The monoisotopic (exact) mass is 252 g/mol. The molecule has 2 rings (SSSR count). The molecule has 0 unspecified atom stereocenters. The van der Waals surface area contributed by atoms with E-state index in [2.05, 4.69) is 27.6 Å². The highest BCUT2D eigenvalue weighted by Gasteiger charge is 2.19. The number of ether oxygens (including phenoxy) is 1. The van der Waals surface area contributed by atoms with Gasteiger partial charge in [0.15, 0.2) is 0 Å². The largest absolute Gasteiger partial charge is 0.376 e. The summed E-state index contributed by atoms with van der Waals surface area (Å²) in [4.78, 5) is 6.81. The molecule has 1 aliphatic heterocycles. The number of aryl methyl sites for hydroxylation is 1. The molecule has 0 radical (unpaired) electrons. The van der Waals surface area contributed by atoms with Crippen molar-refractivity contribution in [2.75, 3.05) is 32.8 Å². The molecule has 1 fully saturated rings. The Bertz CT molecular complexity index is 351. The summed E-state index contributed by atoms with van der Waals surface area (Å²) in [6.45, 7) is 7.79. The summed E-state index contributed by atoms with van der Waals surface area (Å²) >= 11 is 0. The number of hydrogen-bond acceptors (Lipinski definition) is 4. The van der Waals surface area contributed by atoms with E-state index in [1.165, 1.54) is 5.82 Å². The Morgan fingerprint density at radius 2 is 2.39 bits per heavy atom. The number of aromatic nitrogens is 2. The van der Waals surface area contributed by atoms with Crippen molar-refractivity contribution in [3.05, 3.63) is 18.2 Å². The van der Waals surface area contributed by atoms with Crippen LogP contribution in [0.3, 0.4) is 0 Å². The Hall–Kier alpha value is -0.910. The average Bonchev–Trinajstić information content (AvgIpc) is 2.84. The van der Waals surface area contributed by atoms with Crippen LogP contribution in [0.5, 0.6) is 0 Å². The normalized spacial score (nSPS) is 21.3. The molecular weight excluding hydrogens is 228 g/mol. The van der Waals surface area contributed by atoms with Crippen LogP contribution in [-0.2, 0) is 17.7 Å². The summed E-state index contributed by atoms with van der Waals surface area (Å²) in [5.41, 5.74) is 5.58. The zero-order valence-corrected chi connectivity index (χ0v) is 11.2. The van der Waals surface area contributed by atoms with Crippen molar-refractivity contribution in [3.63, 3.8) is 0 Å². The Balaban J connectivity index is 1.79. The predicted octanol–water partition coefficient (Wildman–Crippen LogP) is 0.495. The van der Waals surface area contributed by atoms with Crippen molar-refractivity contribution >= 4 is 0 Å². The second kappa shape index (κ2) is 6.87. The summed E-state index contributed by atoms with van der Waals surface area (Å²) in [7, 11) is 0. The standard InChI is InChI=1S/C13H24N4O/c1-2-13-15-5-6-17(13)8-7-16-9-10-18-12(11-16)3-4-14/h5-6,12H,2-4,7-11,14H2,1H3/t12-/m0/s1. The molecule has 0 amide bonds. The van der Waals surface area contributed by atoms with E-state index in [9.17, 15) is 0 Å². The van der Waals surface area contributed by atoms with Crippen molar-refractivity contribution < 1.29 is 4.74 Å². The van der Waals surface area contributed by atoms with E-state index >= 15 is 0 Å². The third-order valence-corrected chi connectivity index (χ3v) is 3.49. The zero-order valence-electron chi connectivity index (χ0n) is 11.2. The molecule has 5 nitrogen and oxygen atoms in total. The van der Waals surface area contributed by atoms with Gasteiger partial charge in [0.2, 0.25) is 0 Å². The lowest BCUT2D eigenvalue weighted by Crippen LogP contribution is -2.44. The lowest BCUT2D eigenvalue weighted by molar-refractivity contribution is -0.0315. The highest BCUT2D eigenvalue weighted by molar-refractivity contribution is 4.91. The summed E-state index contributed by atoms with van der Waals surface area (Å²) in [6.07, 6.45) is 6.22. The van der Waals surface area contributed by atoms with E-state index in [0.29, 0.717) is 12.6 Å². The predicted molar refractivity (Wildman–Crippen MR) is 71.5 cm³/mol. The molecule has 2 heterocycles. The SMILES string of the molecule is CCc1nccn1CCN1CCO[C@@H](CCN)C1. The maximum absolute atomic E-state index is 5.69. The van der Waals surface area contributed by atoms with Gasteiger partial charge in [-0.15, -0.1) is 0 Å². The first-order chi connectivity index (χ1) is 8.83. The van der Waals surface area contributed by atoms with E-state index in [-0.39, 0.29) is 0 Å². The molecule has 0 saturated carbocycles. The average molecular weight is 252 g/mol. The first-order valence-electron chi connectivity index (χ1n) is 6.87. The number of rotatable bonds is 6. The van der Waals surface area contributed by atoms with Crippen LogP contribution in [-0.4, -0.2) is 53.3 Å². The molecule has 1 aliphatic rings. The van der Waals surface area contributed by atoms with Crippen LogP contribution in [0.2, 0.25) is 0 Å². The molecule has 0 aliphatic carbocycles. The van der Waals surface area contributed by atoms with Crippen LogP contribution < -0.4 is 5.73 Å². The summed E-state index contributed by atoms with van der Waals surface area (Å²) < 4.78 is 7.93. The number of imidazole rings is 1. The minimum Gasteiger partial charge on any atom is -0.376 e. The van der Waals surface area contributed by atoms with Gasteiger partial charge in [-0.2, -0.15) is 0 Å². The highest BCUT2D eigenvalue weighted by Crippen LogP contribution is 2.08. The molecule has 0 aromatic carbocycles. The lowest BCUT2D eigenvalue weighted by atomic mass is 10.2. The summed E-state index contributed by atoms with van der Waals surface area (Å²) in [6, 6.07) is 0. The molecule has 102 valence electrons. The molecule has 2 N–H and O–H groups in total. The topological polar surface area (TPSA) is 56.3 Å². The highest BCUT2D eigenvalue weighted by atomic mass is 16.5. The number of nitrogens with zero attached hydrogens (tertiary/aromatic N) is 3. The first kappa shape index (κ1) is 13.5. The third kappa shape index (κ3) is 3.54.